The minimum absolute atomic E-state index is 0.191. The van der Waals surface area contributed by atoms with Crippen molar-refractivity contribution in [1.82, 2.24) is 9.55 Å². The van der Waals surface area contributed by atoms with E-state index < -0.39 is 17.5 Å². The van der Waals surface area contributed by atoms with Crippen molar-refractivity contribution in [3.05, 3.63) is 118 Å². The summed E-state index contributed by atoms with van der Waals surface area (Å²) in [6.45, 7) is 0.306. The number of methoxy groups -OCH3 is 2. The smallest absolute Gasteiger partial charge is 0.351 e. The molecular weight excluding hydrogens is 482 g/mol. The zero-order valence-corrected chi connectivity index (χ0v) is 21.4. The van der Waals surface area contributed by atoms with E-state index in [9.17, 15) is 4.79 Å². The van der Waals surface area contributed by atoms with E-state index >= 15 is 0 Å². The Morgan fingerprint density at radius 1 is 0.868 bits per heavy atom. The second kappa shape index (κ2) is 11.1. The zero-order valence-electron chi connectivity index (χ0n) is 21.4. The minimum atomic E-state index is -0.930. The van der Waals surface area contributed by atoms with Gasteiger partial charge in [0.1, 0.15) is 29.1 Å². The quantitative estimate of drug-likeness (QED) is 0.329. The highest BCUT2D eigenvalue weighted by Gasteiger charge is 2.39. The van der Waals surface area contributed by atoms with Gasteiger partial charge in [0.25, 0.3) is 0 Å². The molecular formula is C30H31N3O5. The summed E-state index contributed by atoms with van der Waals surface area (Å²) in [6.07, 6.45) is 2.39. The molecule has 0 radical (unpaired) electrons. The van der Waals surface area contributed by atoms with Crippen LogP contribution >= 0.6 is 0 Å². The van der Waals surface area contributed by atoms with Crippen molar-refractivity contribution in [2.24, 2.45) is 0 Å². The summed E-state index contributed by atoms with van der Waals surface area (Å²) in [7, 11) is 3.30. The Kier molecular flexibility index (Phi) is 7.44. The number of nitrogens with zero attached hydrogens (tertiary/aromatic N) is 2. The van der Waals surface area contributed by atoms with Crippen molar-refractivity contribution in [3.8, 4) is 11.5 Å². The maximum Gasteiger partial charge on any atom is 0.351 e. The molecule has 0 amide bonds. The van der Waals surface area contributed by atoms with Gasteiger partial charge in [0, 0.05) is 6.20 Å². The lowest BCUT2D eigenvalue weighted by Crippen LogP contribution is -2.36. The van der Waals surface area contributed by atoms with E-state index in [-0.39, 0.29) is 11.9 Å². The molecule has 1 aliphatic rings. The molecule has 3 aromatic carbocycles. The summed E-state index contributed by atoms with van der Waals surface area (Å²) < 4.78 is 25.5. The van der Waals surface area contributed by atoms with Gasteiger partial charge >= 0.3 is 5.69 Å². The Morgan fingerprint density at radius 3 is 2.00 bits per heavy atom. The molecule has 38 heavy (non-hydrogen) atoms. The lowest BCUT2D eigenvalue weighted by molar-refractivity contribution is -0.0773. The lowest BCUT2D eigenvalue weighted by atomic mass is 9.80. The van der Waals surface area contributed by atoms with Crippen molar-refractivity contribution >= 4 is 5.82 Å². The zero-order chi connectivity index (χ0) is 26.5. The molecule has 0 bridgehead atoms. The Bertz CT molecular complexity index is 1360. The summed E-state index contributed by atoms with van der Waals surface area (Å²) in [6, 6.07) is 27.5. The predicted molar refractivity (Wildman–Crippen MR) is 144 cm³/mol. The third-order valence-corrected chi connectivity index (χ3v) is 6.91. The van der Waals surface area contributed by atoms with Crippen LogP contribution in [0.15, 0.2) is 95.9 Å². The average Bonchev–Trinajstić information content (AvgIpc) is 3.43. The molecule has 1 saturated heterocycles. The highest BCUT2D eigenvalue weighted by molar-refractivity contribution is 5.49. The Labute approximate surface area is 221 Å². The molecule has 2 heterocycles. The number of rotatable bonds is 9. The predicted octanol–water partition coefficient (Wildman–Crippen LogP) is 4.53. The van der Waals surface area contributed by atoms with Crippen molar-refractivity contribution in [1.29, 1.82) is 0 Å². The summed E-state index contributed by atoms with van der Waals surface area (Å²) in [5, 5.41) is 0. The largest absolute Gasteiger partial charge is 0.497 e. The Morgan fingerprint density at radius 2 is 1.45 bits per heavy atom. The number of aromatic nitrogens is 2. The van der Waals surface area contributed by atoms with Crippen LogP contribution in [0.2, 0.25) is 0 Å². The molecule has 2 N–H and O–H groups in total. The van der Waals surface area contributed by atoms with E-state index in [1.807, 2.05) is 66.7 Å². The third kappa shape index (κ3) is 5.01. The van der Waals surface area contributed by atoms with Gasteiger partial charge in [0.2, 0.25) is 0 Å². The van der Waals surface area contributed by atoms with Crippen LogP contribution in [-0.4, -0.2) is 36.5 Å². The van der Waals surface area contributed by atoms with E-state index in [1.165, 1.54) is 4.57 Å². The molecule has 8 heteroatoms. The van der Waals surface area contributed by atoms with E-state index in [0.29, 0.717) is 13.0 Å². The van der Waals surface area contributed by atoms with Crippen molar-refractivity contribution in [2.75, 3.05) is 26.6 Å². The van der Waals surface area contributed by atoms with Gasteiger partial charge < -0.3 is 24.7 Å². The van der Waals surface area contributed by atoms with Gasteiger partial charge in [-0.25, -0.2) is 4.79 Å². The van der Waals surface area contributed by atoms with Gasteiger partial charge in [-0.05, 0) is 59.9 Å². The van der Waals surface area contributed by atoms with E-state index in [2.05, 4.69) is 17.1 Å². The first-order valence-electron chi connectivity index (χ1n) is 12.5. The first-order valence-corrected chi connectivity index (χ1v) is 12.5. The SMILES string of the molecule is COc1ccc(C(OC[C@@H]2CC[C@H](n3ccc(N)nc3=O)O2)(c2ccccc2)c2ccc(OC)cc2)cc1. The second-order valence-electron chi connectivity index (χ2n) is 9.15. The van der Waals surface area contributed by atoms with Crippen molar-refractivity contribution in [3.63, 3.8) is 0 Å². The van der Waals surface area contributed by atoms with Gasteiger partial charge in [-0.1, -0.05) is 54.6 Å². The molecule has 4 aromatic rings. The fraction of sp³-hybridized carbons (Fsp3) is 0.267. The van der Waals surface area contributed by atoms with Gasteiger partial charge in [-0.2, -0.15) is 4.98 Å². The number of anilines is 1. The second-order valence-corrected chi connectivity index (χ2v) is 9.15. The Hall–Kier alpha value is -4.14. The van der Waals surface area contributed by atoms with Crippen LogP contribution in [0.5, 0.6) is 11.5 Å². The standard InChI is InChI=1S/C30H31N3O5/c1-35-24-12-8-22(9-13-24)30(21-6-4-3-5-7-21,23-10-14-25(36-2)15-11-23)37-20-26-16-17-28(38-26)33-19-18-27(31)32-29(33)34/h3-15,18-19,26,28H,16-17,20H2,1-2H3,(H2,31,32,34)/t26-,28+/m0/s1. The maximum atomic E-state index is 12.4. The molecule has 1 fully saturated rings. The highest BCUT2D eigenvalue weighted by atomic mass is 16.6. The third-order valence-electron chi connectivity index (χ3n) is 6.91. The van der Waals surface area contributed by atoms with Gasteiger partial charge in [-0.15, -0.1) is 0 Å². The normalized spacial score (nSPS) is 17.3. The number of nitrogen functional groups attached to an aromatic ring is 1. The summed E-state index contributed by atoms with van der Waals surface area (Å²) in [4.78, 5) is 16.2. The lowest BCUT2D eigenvalue weighted by Gasteiger charge is -2.37. The fourth-order valence-corrected chi connectivity index (χ4v) is 4.95. The number of benzene rings is 3. The molecule has 0 saturated carbocycles. The summed E-state index contributed by atoms with van der Waals surface area (Å²) in [5.41, 5.74) is 7.17. The molecule has 0 unspecified atom stereocenters. The maximum absolute atomic E-state index is 12.4. The molecule has 1 aliphatic heterocycles. The van der Waals surface area contributed by atoms with Crippen LogP contribution < -0.4 is 20.9 Å². The monoisotopic (exact) mass is 513 g/mol. The van der Waals surface area contributed by atoms with Crippen molar-refractivity contribution in [2.45, 2.75) is 30.8 Å². The van der Waals surface area contributed by atoms with Gasteiger partial charge in [0.15, 0.2) is 0 Å². The molecule has 196 valence electrons. The van der Waals surface area contributed by atoms with Crippen LogP contribution in [0.1, 0.15) is 35.8 Å². The molecule has 1 aromatic heterocycles. The number of hydrogen-bond acceptors (Lipinski definition) is 7. The van der Waals surface area contributed by atoms with Crippen LogP contribution in [-0.2, 0) is 15.1 Å². The molecule has 0 aliphatic carbocycles. The average molecular weight is 514 g/mol. The minimum Gasteiger partial charge on any atom is -0.497 e. The van der Waals surface area contributed by atoms with Crippen LogP contribution in [0.4, 0.5) is 5.82 Å². The fourth-order valence-electron chi connectivity index (χ4n) is 4.95. The van der Waals surface area contributed by atoms with E-state index in [0.717, 1.165) is 34.6 Å². The number of nitrogens with two attached hydrogens (primary N) is 1. The van der Waals surface area contributed by atoms with Crippen LogP contribution in [0.3, 0.4) is 0 Å². The molecule has 5 rings (SSSR count). The molecule has 8 nitrogen and oxygen atoms in total. The first-order chi connectivity index (χ1) is 18.5. The summed E-state index contributed by atoms with van der Waals surface area (Å²) >= 11 is 0. The van der Waals surface area contributed by atoms with Gasteiger partial charge in [-0.3, -0.25) is 4.57 Å². The van der Waals surface area contributed by atoms with E-state index in [4.69, 9.17) is 24.7 Å². The molecule has 2 atom stereocenters. The summed E-state index contributed by atoms with van der Waals surface area (Å²) in [5.74, 6) is 1.71. The van der Waals surface area contributed by atoms with Crippen molar-refractivity contribution < 1.29 is 18.9 Å². The van der Waals surface area contributed by atoms with Crippen LogP contribution in [0.25, 0.3) is 0 Å². The Balaban J connectivity index is 1.51. The van der Waals surface area contributed by atoms with Crippen LogP contribution in [0, 0.1) is 0 Å². The van der Waals surface area contributed by atoms with Gasteiger partial charge in [0.05, 0.1) is 26.9 Å². The van der Waals surface area contributed by atoms with E-state index in [1.54, 1.807) is 26.5 Å². The number of hydrogen-bond donors (Lipinski definition) is 1. The highest BCUT2D eigenvalue weighted by Crippen LogP contribution is 2.42. The topological polar surface area (TPSA) is 97.8 Å². The first kappa shape index (κ1) is 25.5. The molecule has 0 spiro atoms. The number of ether oxygens (including phenoxy) is 4.